The molecule has 78 valence electrons. The molecule has 0 unspecified atom stereocenters. The highest BCUT2D eigenvalue weighted by atomic mass is 16.6. The molecule has 1 aliphatic carbocycles. The summed E-state index contributed by atoms with van der Waals surface area (Å²) in [6, 6.07) is 4.63. The second-order valence-electron chi connectivity index (χ2n) is 3.49. The van der Waals surface area contributed by atoms with E-state index >= 15 is 0 Å². The van der Waals surface area contributed by atoms with Crippen LogP contribution >= 0.6 is 0 Å². The third-order valence-electron chi connectivity index (χ3n) is 2.35. The van der Waals surface area contributed by atoms with E-state index in [9.17, 15) is 20.3 Å². The standard InChI is InChI=1S/C10H9NO4/c12-10(13)5-4-7-2-1-3-9(11(14)15)8(7)6-10/h1-5,12-13H,6H2. The zero-order valence-electron chi connectivity index (χ0n) is 7.75. The fourth-order valence-corrected chi connectivity index (χ4v) is 1.65. The van der Waals surface area contributed by atoms with Crippen LogP contribution in [0.2, 0.25) is 0 Å². The highest BCUT2D eigenvalue weighted by molar-refractivity contribution is 5.63. The summed E-state index contributed by atoms with van der Waals surface area (Å²) in [6.45, 7) is 0. The van der Waals surface area contributed by atoms with Crippen LogP contribution in [0.4, 0.5) is 5.69 Å². The first-order chi connectivity index (χ1) is 6.99. The molecule has 5 heteroatoms. The van der Waals surface area contributed by atoms with Gasteiger partial charge in [-0.05, 0) is 11.6 Å². The normalized spacial score (nSPS) is 17.2. The third-order valence-corrected chi connectivity index (χ3v) is 2.35. The quantitative estimate of drug-likeness (QED) is 0.406. The predicted molar refractivity (Wildman–Crippen MR) is 53.0 cm³/mol. The largest absolute Gasteiger partial charge is 0.362 e. The summed E-state index contributed by atoms with van der Waals surface area (Å²) in [5, 5.41) is 29.4. The molecule has 2 N–H and O–H groups in total. The van der Waals surface area contributed by atoms with Gasteiger partial charge in [0, 0.05) is 18.1 Å². The van der Waals surface area contributed by atoms with Gasteiger partial charge in [0.1, 0.15) is 0 Å². The van der Waals surface area contributed by atoms with Gasteiger partial charge in [0.25, 0.3) is 5.69 Å². The van der Waals surface area contributed by atoms with Gasteiger partial charge in [-0.1, -0.05) is 18.2 Å². The summed E-state index contributed by atoms with van der Waals surface area (Å²) < 4.78 is 0. The van der Waals surface area contributed by atoms with Crippen molar-refractivity contribution in [2.75, 3.05) is 0 Å². The lowest BCUT2D eigenvalue weighted by atomic mass is 9.92. The van der Waals surface area contributed by atoms with Gasteiger partial charge in [-0.2, -0.15) is 0 Å². The SMILES string of the molecule is O=[N+]([O-])c1cccc2c1CC(O)(O)C=C2. The van der Waals surface area contributed by atoms with Crippen molar-refractivity contribution in [2.24, 2.45) is 0 Å². The van der Waals surface area contributed by atoms with Gasteiger partial charge in [0.05, 0.1) is 4.92 Å². The molecule has 15 heavy (non-hydrogen) atoms. The van der Waals surface area contributed by atoms with E-state index in [-0.39, 0.29) is 12.1 Å². The number of fused-ring (bicyclic) bond motifs is 1. The van der Waals surface area contributed by atoms with Gasteiger partial charge in [-0.3, -0.25) is 10.1 Å². The Morgan fingerprint density at radius 3 is 2.80 bits per heavy atom. The third kappa shape index (κ3) is 1.74. The molecule has 0 heterocycles. The van der Waals surface area contributed by atoms with E-state index in [2.05, 4.69) is 0 Å². The van der Waals surface area contributed by atoms with Crippen LogP contribution in [0.15, 0.2) is 24.3 Å². The van der Waals surface area contributed by atoms with Crippen molar-refractivity contribution in [1.82, 2.24) is 0 Å². The molecule has 0 fully saturated rings. The first-order valence-electron chi connectivity index (χ1n) is 4.40. The number of rotatable bonds is 1. The van der Waals surface area contributed by atoms with Crippen molar-refractivity contribution in [3.8, 4) is 0 Å². The van der Waals surface area contributed by atoms with E-state index in [1.165, 1.54) is 18.2 Å². The molecule has 1 aromatic carbocycles. The van der Waals surface area contributed by atoms with Gasteiger partial charge in [0.15, 0.2) is 5.79 Å². The Bertz CT molecular complexity index is 451. The van der Waals surface area contributed by atoms with Gasteiger partial charge >= 0.3 is 0 Å². The summed E-state index contributed by atoms with van der Waals surface area (Å²) in [5.74, 6) is -1.99. The van der Waals surface area contributed by atoms with Gasteiger partial charge in [-0.25, -0.2) is 0 Å². The van der Waals surface area contributed by atoms with Crippen LogP contribution in [-0.2, 0) is 6.42 Å². The Morgan fingerprint density at radius 1 is 1.40 bits per heavy atom. The van der Waals surface area contributed by atoms with E-state index in [4.69, 9.17) is 0 Å². The first-order valence-corrected chi connectivity index (χ1v) is 4.40. The van der Waals surface area contributed by atoms with Crippen LogP contribution < -0.4 is 0 Å². The predicted octanol–water partition coefficient (Wildman–Crippen LogP) is 0.845. The van der Waals surface area contributed by atoms with Crippen LogP contribution in [0.3, 0.4) is 0 Å². The summed E-state index contributed by atoms with van der Waals surface area (Å²) in [6.07, 6.45) is 2.54. The topological polar surface area (TPSA) is 83.6 Å². The summed E-state index contributed by atoms with van der Waals surface area (Å²) in [5.41, 5.74) is 0.933. The number of hydrogen-bond donors (Lipinski definition) is 2. The maximum absolute atomic E-state index is 10.7. The minimum Gasteiger partial charge on any atom is -0.362 e. The number of nitro benzene ring substituents is 1. The van der Waals surface area contributed by atoms with Gasteiger partial charge in [0.2, 0.25) is 0 Å². The Morgan fingerprint density at radius 2 is 2.13 bits per heavy atom. The fourth-order valence-electron chi connectivity index (χ4n) is 1.65. The van der Waals surface area contributed by atoms with Crippen molar-refractivity contribution >= 4 is 11.8 Å². The highest BCUT2D eigenvalue weighted by Crippen LogP contribution is 2.31. The van der Waals surface area contributed by atoms with E-state index in [0.717, 1.165) is 0 Å². The maximum Gasteiger partial charge on any atom is 0.273 e. The van der Waals surface area contributed by atoms with E-state index < -0.39 is 10.7 Å². The molecule has 0 spiro atoms. The van der Waals surface area contributed by atoms with E-state index in [1.807, 2.05) is 0 Å². The van der Waals surface area contributed by atoms with Crippen LogP contribution in [0, 0.1) is 10.1 Å². The molecule has 0 saturated carbocycles. The average Bonchev–Trinajstić information content (AvgIpc) is 2.15. The minimum absolute atomic E-state index is 0.0793. The zero-order valence-corrected chi connectivity index (χ0v) is 7.75. The van der Waals surface area contributed by atoms with Crippen LogP contribution in [0.1, 0.15) is 11.1 Å². The smallest absolute Gasteiger partial charge is 0.273 e. The van der Waals surface area contributed by atoms with Crippen LogP contribution in [0.25, 0.3) is 6.08 Å². The van der Waals surface area contributed by atoms with E-state index in [1.54, 1.807) is 12.1 Å². The summed E-state index contributed by atoms with van der Waals surface area (Å²) >= 11 is 0. The monoisotopic (exact) mass is 207 g/mol. The van der Waals surface area contributed by atoms with Crippen molar-refractivity contribution < 1.29 is 15.1 Å². The second-order valence-corrected chi connectivity index (χ2v) is 3.49. The molecule has 0 amide bonds. The van der Waals surface area contributed by atoms with Crippen LogP contribution in [-0.4, -0.2) is 20.9 Å². The summed E-state index contributed by atoms with van der Waals surface area (Å²) in [7, 11) is 0. The fraction of sp³-hybridized carbons (Fsp3) is 0.200. The zero-order chi connectivity index (χ0) is 11.1. The molecule has 1 aromatic rings. The van der Waals surface area contributed by atoms with Gasteiger partial charge < -0.3 is 10.2 Å². The number of nitrogens with zero attached hydrogens (tertiary/aromatic N) is 1. The molecule has 2 rings (SSSR count). The first kappa shape index (κ1) is 9.82. The van der Waals surface area contributed by atoms with Crippen LogP contribution in [0.5, 0.6) is 0 Å². The molecular weight excluding hydrogens is 198 g/mol. The molecule has 1 aliphatic rings. The molecular formula is C10H9NO4. The van der Waals surface area contributed by atoms with Crippen molar-refractivity contribution in [3.05, 3.63) is 45.5 Å². The maximum atomic E-state index is 10.7. The number of nitro groups is 1. The number of benzene rings is 1. The van der Waals surface area contributed by atoms with E-state index in [0.29, 0.717) is 11.1 Å². The number of hydrogen-bond acceptors (Lipinski definition) is 4. The molecule has 0 aromatic heterocycles. The summed E-state index contributed by atoms with van der Waals surface area (Å²) in [4.78, 5) is 10.2. The Kier molecular flexibility index (Phi) is 2.06. The lowest BCUT2D eigenvalue weighted by Crippen LogP contribution is -2.30. The lowest BCUT2D eigenvalue weighted by Gasteiger charge is -2.22. The minimum atomic E-state index is -1.99. The molecule has 5 nitrogen and oxygen atoms in total. The lowest BCUT2D eigenvalue weighted by molar-refractivity contribution is -0.386. The molecule has 0 atom stereocenters. The number of aliphatic hydroxyl groups is 2. The van der Waals surface area contributed by atoms with Gasteiger partial charge in [-0.15, -0.1) is 0 Å². The average molecular weight is 207 g/mol. The Hall–Kier alpha value is -1.72. The van der Waals surface area contributed by atoms with Crippen molar-refractivity contribution in [3.63, 3.8) is 0 Å². The molecule has 0 radical (unpaired) electrons. The Balaban J connectivity index is 2.58. The molecule has 0 bridgehead atoms. The highest BCUT2D eigenvalue weighted by Gasteiger charge is 2.29. The Labute approximate surface area is 85.4 Å². The second kappa shape index (κ2) is 3.15. The molecule has 0 saturated heterocycles. The van der Waals surface area contributed by atoms with Crippen molar-refractivity contribution in [1.29, 1.82) is 0 Å². The molecule has 0 aliphatic heterocycles. The van der Waals surface area contributed by atoms with Crippen molar-refractivity contribution in [2.45, 2.75) is 12.2 Å².